The zero-order chi connectivity index (χ0) is 21.0. The van der Waals surface area contributed by atoms with Gasteiger partial charge < -0.3 is 14.6 Å². The molecule has 0 aromatic heterocycles. The topological polar surface area (TPSA) is 38.7 Å². The molecule has 0 bridgehead atoms. The lowest BCUT2D eigenvalue weighted by Gasteiger charge is -2.22. The van der Waals surface area contributed by atoms with Crippen molar-refractivity contribution in [1.29, 1.82) is 0 Å². The van der Waals surface area contributed by atoms with Gasteiger partial charge in [-0.25, -0.2) is 0 Å². The van der Waals surface area contributed by atoms with E-state index in [1.54, 1.807) is 0 Å². The van der Waals surface area contributed by atoms with Crippen LogP contribution in [-0.2, 0) is 9.47 Å². The highest BCUT2D eigenvalue weighted by atomic mass is 16.7. The van der Waals surface area contributed by atoms with Crippen LogP contribution in [0.15, 0.2) is 24.3 Å². The second-order valence-electron chi connectivity index (χ2n) is 9.16. The Morgan fingerprint density at radius 3 is 1.90 bits per heavy atom. The molecule has 0 amide bonds. The molecule has 1 rings (SSSR count). The Labute approximate surface area is 180 Å². The fraction of sp³-hybridized carbons (Fsp3) is 0.846. The van der Waals surface area contributed by atoms with Crippen molar-refractivity contribution in [3.63, 3.8) is 0 Å². The second-order valence-corrected chi connectivity index (χ2v) is 9.16. The Morgan fingerprint density at radius 2 is 1.34 bits per heavy atom. The average molecular weight is 409 g/mol. The molecule has 1 aliphatic heterocycles. The van der Waals surface area contributed by atoms with Gasteiger partial charge in [-0.3, -0.25) is 0 Å². The van der Waals surface area contributed by atoms with Crippen molar-refractivity contribution in [2.24, 2.45) is 0 Å². The van der Waals surface area contributed by atoms with Gasteiger partial charge in [0.05, 0.1) is 5.60 Å². The minimum absolute atomic E-state index is 0.0693. The number of hydrogen-bond donors (Lipinski definition) is 1. The summed E-state index contributed by atoms with van der Waals surface area (Å²) in [6, 6.07) is 0. The zero-order valence-corrected chi connectivity index (χ0v) is 19.4. The van der Waals surface area contributed by atoms with Gasteiger partial charge in [0.1, 0.15) is 0 Å². The van der Waals surface area contributed by atoms with Crippen LogP contribution in [0.25, 0.3) is 0 Å². The van der Waals surface area contributed by atoms with E-state index in [4.69, 9.17) is 9.47 Å². The largest absolute Gasteiger partial charge is 0.390 e. The summed E-state index contributed by atoms with van der Waals surface area (Å²) in [5, 5.41) is 9.66. The second kappa shape index (κ2) is 18.2. The molecule has 1 heterocycles. The van der Waals surface area contributed by atoms with E-state index in [1.165, 1.54) is 70.6 Å². The van der Waals surface area contributed by atoms with Crippen LogP contribution < -0.4 is 0 Å². The molecule has 0 spiro atoms. The van der Waals surface area contributed by atoms with Crippen molar-refractivity contribution in [1.82, 2.24) is 0 Å². The van der Waals surface area contributed by atoms with E-state index in [0.717, 1.165) is 45.3 Å². The molecule has 1 aliphatic rings. The van der Waals surface area contributed by atoms with E-state index in [2.05, 4.69) is 24.3 Å². The predicted octanol–water partition coefficient (Wildman–Crippen LogP) is 7.48. The summed E-state index contributed by atoms with van der Waals surface area (Å²) >= 11 is 0. The minimum Gasteiger partial charge on any atom is -0.390 e. The van der Waals surface area contributed by atoms with Crippen LogP contribution in [0.2, 0.25) is 0 Å². The SMILES string of the molecule is CC(C)(O)CCC/C=C\CCCCCCC/C=C\CCCCOC1CCCCO1. The molecule has 0 saturated carbocycles. The van der Waals surface area contributed by atoms with Crippen LogP contribution in [0.4, 0.5) is 0 Å². The number of unbranched alkanes of at least 4 members (excludes halogenated alkanes) is 9. The summed E-state index contributed by atoms with van der Waals surface area (Å²) in [5.41, 5.74) is -0.512. The number of allylic oxidation sites excluding steroid dienone is 4. The molecule has 29 heavy (non-hydrogen) atoms. The first-order valence-corrected chi connectivity index (χ1v) is 12.3. The Bertz CT molecular complexity index is 403. The van der Waals surface area contributed by atoms with Crippen molar-refractivity contribution in [2.75, 3.05) is 13.2 Å². The van der Waals surface area contributed by atoms with Crippen molar-refractivity contribution >= 4 is 0 Å². The molecular formula is C26H48O3. The molecule has 0 aromatic carbocycles. The lowest BCUT2D eigenvalue weighted by molar-refractivity contribution is -0.162. The number of aliphatic hydroxyl groups is 1. The summed E-state index contributed by atoms with van der Waals surface area (Å²) in [5.74, 6) is 0. The minimum atomic E-state index is -0.512. The first-order chi connectivity index (χ1) is 14.1. The first kappa shape index (κ1) is 26.4. The summed E-state index contributed by atoms with van der Waals surface area (Å²) in [6.07, 6.45) is 28.6. The Hall–Kier alpha value is -0.640. The van der Waals surface area contributed by atoms with Crippen molar-refractivity contribution < 1.29 is 14.6 Å². The predicted molar refractivity (Wildman–Crippen MR) is 124 cm³/mol. The normalized spacial score (nSPS) is 18.2. The molecule has 0 aliphatic carbocycles. The smallest absolute Gasteiger partial charge is 0.157 e. The Balaban J connectivity index is 1.74. The molecular weight excluding hydrogens is 360 g/mol. The van der Waals surface area contributed by atoms with Gasteiger partial charge in [-0.2, -0.15) is 0 Å². The van der Waals surface area contributed by atoms with Crippen molar-refractivity contribution in [3.8, 4) is 0 Å². The molecule has 1 N–H and O–H groups in total. The van der Waals surface area contributed by atoms with E-state index in [9.17, 15) is 5.11 Å². The van der Waals surface area contributed by atoms with Crippen LogP contribution in [0.1, 0.15) is 117 Å². The van der Waals surface area contributed by atoms with Gasteiger partial charge in [-0.15, -0.1) is 0 Å². The third kappa shape index (κ3) is 19.1. The van der Waals surface area contributed by atoms with Crippen LogP contribution in [0.3, 0.4) is 0 Å². The summed E-state index contributed by atoms with van der Waals surface area (Å²) < 4.78 is 11.3. The summed E-state index contributed by atoms with van der Waals surface area (Å²) in [7, 11) is 0. The van der Waals surface area contributed by atoms with E-state index in [-0.39, 0.29) is 6.29 Å². The van der Waals surface area contributed by atoms with E-state index < -0.39 is 5.60 Å². The summed E-state index contributed by atoms with van der Waals surface area (Å²) in [4.78, 5) is 0. The Kier molecular flexibility index (Phi) is 16.5. The third-order valence-corrected chi connectivity index (χ3v) is 5.44. The van der Waals surface area contributed by atoms with Gasteiger partial charge in [0, 0.05) is 13.2 Å². The average Bonchev–Trinajstić information content (AvgIpc) is 2.69. The zero-order valence-electron chi connectivity index (χ0n) is 19.4. The van der Waals surface area contributed by atoms with Gasteiger partial charge in [-0.05, 0) is 97.3 Å². The lowest BCUT2D eigenvalue weighted by Crippen LogP contribution is -2.22. The maximum absolute atomic E-state index is 9.66. The van der Waals surface area contributed by atoms with Crippen molar-refractivity contribution in [3.05, 3.63) is 24.3 Å². The molecule has 3 heteroatoms. The highest BCUT2D eigenvalue weighted by Gasteiger charge is 2.13. The molecule has 0 radical (unpaired) electrons. The fourth-order valence-corrected chi connectivity index (χ4v) is 3.60. The highest BCUT2D eigenvalue weighted by molar-refractivity contribution is 4.83. The molecule has 1 fully saturated rings. The van der Waals surface area contributed by atoms with Crippen LogP contribution in [0.5, 0.6) is 0 Å². The quantitative estimate of drug-likeness (QED) is 0.189. The van der Waals surface area contributed by atoms with Gasteiger partial charge >= 0.3 is 0 Å². The standard InChI is InChI=1S/C26H48O3/c1-26(2,27)22-18-15-13-11-9-7-5-3-4-6-8-10-12-14-16-19-23-28-25-21-17-20-24-29-25/h10-13,25,27H,3-9,14-24H2,1-2H3/b12-10-,13-11-. The molecule has 0 aromatic rings. The Morgan fingerprint density at radius 1 is 0.793 bits per heavy atom. The molecule has 1 unspecified atom stereocenters. The number of rotatable bonds is 18. The summed E-state index contributed by atoms with van der Waals surface area (Å²) in [6.45, 7) is 5.49. The van der Waals surface area contributed by atoms with Crippen molar-refractivity contribution in [2.45, 2.75) is 128 Å². The molecule has 170 valence electrons. The lowest BCUT2D eigenvalue weighted by atomic mass is 10.0. The number of hydrogen-bond acceptors (Lipinski definition) is 3. The van der Waals surface area contributed by atoms with Gasteiger partial charge in [0.25, 0.3) is 0 Å². The molecule has 3 nitrogen and oxygen atoms in total. The fourth-order valence-electron chi connectivity index (χ4n) is 3.60. The van der Waals surface area contributed by atoms with E-state index >= 15 is 0 Å². The van der Waals surface area contributed by atoms with Gasteiger partial charge in [-0.1, -0.05) is 43.6 Å². The first-order valence-electron chi connectivity index (χ1n) is 12.3. The van der Waals surface area contributed by atoms with Crippen LogP contribution >= 0.6 is 0 Å². The monoisotopic (exact) mass is 408 g/mol. The third-order valence-electron chi connectivity index (χ3n) is 5.44. The van der Waals surface area contributed by atoms with Crippen LogP contribution in [-0.4, -0.2) is 30.2 Å². The maximum atomic E-state index is 9.66. The van der Waals surface area contributed by atoms with E-state index in [1.807, 2.05) is 13.8 Å². The molecule has 1 atom stereocenters. The van der Waals surface area contributed by atoms with Crippen LogP contribution in [0, 0.1) is 0 Å². The molecule has 1 saturated heterocycles. The maximum Gasteiger partial charge on any atom is 0.157 e. The van der Waals surface area contributed by atoms with Gasteiger partial charge in [0.2, 0.25) is 0 Å². The number of ether oxygens (including phenoxy) is 2. The highest BCUT2D eigenvalue weighted by Crippen LogP contribution is 2.15. The van der Waals surface area contributed by atoms with Gasteiger partial charge in [0.15, 0.2) is 6.29 Å². The van der Waals surface area contributed by atoms with E-state index in [0.29, 0.717) is 0 Å².